The summed E-state index contributed by atoms with van der Waals surface area (Å²) in [5.74, 6) is -2.22. The van der Waals surface area contributed by atoms with Crippen molar-refractivity contribution in [2.75, 3.05) is 12.5 Å². The molecule has 0 saturated carbocycles. The van der Waals surface area contributed by atoms with Crippen LogP contribution in [0.5, 0.6) is 0 Å². The van der Waals surface area contributed by atoms with Crippen molar-refractivity contribution in [3.05, 3.63) is 0 Å². The Kier molecular flexibility index (Phi) is 9.44. The van der Waals surface area contributed by atoms with Crippen LogP contribution in [-0.2, 0) is 14.3 Å². The van der Waals surface area contributed by atoms with E-state index in [1.165, 1.54) is 0 Å². The summed E-state index contributed by atoms with van der Waals surface area (Å²) in [5.41, 5.74) is 0. The van der Waals surface area contributed by atoms with Crippen LogP contribution >= 0.6 is 11.6 Å². The third-order valence-electron chi connectivity index (χ3n) is 0.466. The molecule has 0 radical (unpaired) electrons. The molecule has 6 heteroatoms. The topological polar surface area (TPSA) is 63.6 Å². The molecule has 10 heavy (non-hydrogen) atoms. The third-order valence-corrected chi connectivity index (χ3v) is 0.684. The summed E-state index contributed by atoms with van der Waals surface area (Å²) in [6, 6.07) is 0. The van der Waals surface area contributed by atoms with Crippen molar-refractivity contribution in [1.82, 2.24) is 0 Å². The number of hydrogen-bond acceptors (Lipinski definition) is 3. The van der Waals surface area contributed by atoms with Gasteiger partial charge in [-0.05, 0) is 0 Å². The number of ether oxygens (including phenoxy) is 1. The first-order valence-electron chi connectivity index (χ1n) is 2.10. The molecule has 0 heterocycles. The monoisotopic (exact) mass is 176 g/mol. The fraction of sp³-hybridized carbons (Fsp3) is 0.500. The van der Waals surface area contributed by atoms with Crippen molar-refractivity contribution in [1.29, 1.82) is 0 Å². The fourth-order valence-corrected chi connectivity index (χ4v) is 0.258. The summed E-state index contributed by atoms with van der Waals surface area (Å²) in [4.78, 5) is 19.8. The summed E-state index contributed by atoms with van der Waals surface area (Å²) < 4.78 is 4.08. The SMILES string of the molecule is O=C(O)COC(=O)CCl.[NaH]. The van der Waals surface area contributed by atoms with Crippen molar-refractivity contribution in [2.45, 2.75) is 0 Å². The Morgan fingerprint density at radius 3 is 2.30 bits per heavy atom. The zero-order valence-electron chi connectivity index (χ0n) is 4.46. The second-order valence-corrected chi connectivity index (χ2v) is 1.46. The maximum absolute atomic E-state index is 10.1. The summed E-state index contributed by atoms with van der Waals surface area (Å²) in [7, 11) is 0. The van der Waals surface area contributed by atoms with Crippen molar-refractivity contribution in [3.63, 3.8) is 0 Å². The maximum atomic E-state index is 10.1. The molecule has 0 aromatic heterocycles. The average molecular weight is 177 g/mol. The van der Waals surface area contributed by atoms with Crippen LogP contribution in [0.15, 0.2) is 0 Å². The number of rotatable bonds is 3. The Morgan fingerprint density at radius 2 is 2.00 bits per heavy atom. The Labute approximate surface area is 84.8 Å². The van der Waals surface area contributed by atoms with E-state index in [0.717, 1.165) is 0 Å². The van der Waals surface area contributed by atoms with Crippen molar-refractivity contribution in [2.24, 2.45) is 0 Å². The number of carbonyl (C=O) groups excluding carboxylic acids is 1. The number of hydrogen-bond donors (Lipinski definition) is 1. The Morgan fingerprint density at radius 1 is 1.50 bits per heavy atom. The quantitative estimate of drug-likeness (QED) is 0.348. The molecule has 0 fully saturated rings. The number of carbonyl (C=O) groups is 2. The predicted molar refractivity (Wildman–Crippen MR) is 36.5 cm³/mol. The third kappa shape index (κ3) is 8.23. The molecule has 0 aliphatic heterocycles. The van der Waals surface area contributed by atoms with Crippen LogP contribution in [0, 0.1) is 0 Å². The first-order chi connectivity index (χ1) is 4.16. The minimum atomic E-state index is -1.19. The number of carboxylic acid groups (broad SMARTS) is 1. The van der Waals surface area contributed by atoms with Gasteiger partial charge in [0.15, 0.2) is 6.61 Å². The Hall–Kier alpha value is 0.230. The van der Waals surface area contributed by atoms with E-state index < -0.39 is 18.5 Å². The standard InChI is InChI=1S/C4H5ClO4.Na.H/c5-1-4(8)9-2-3(6)7;;/h1-2H2,(H,6,7);;. The van der Waals surface area contributed by atoms with Gasteiger partial charge >= 0.3 is 41.5 Å². The molecule has 0 aliphatic carbocycles. The molecule has 4 nitrogen and oxygen atoms in total. The van der Waals surface area contributed by atoms with Gasteiger partial charge in [-0.2, -0.15) is 0 Å². The molecule has 0 spiro atoms. The van der Waals surface area contributed by atoms with Gasteiger partial charge < -0.3 is 9.84 Å². The van der Waals surface area contributed by atoms with Gasteiger partial charge in [-0.1, -0.05) is 0 Å². The molecule has 0 unspecified atom stereocenters. The molecule has 0 bridgehead atoms. The van der Waals surface area contributed by atoms with E-state index in [1.807, 2.05) is 0 Å². The van der Waals surface area contributed by atoms with Gasteiger partial charge in [0.05, 0.1) is 0 Å². The minimum absolute atomic E-state index is 0. The van der Waals surface area contributed by atoms with Crippen molar-refractivity contribution in [3.8, 4) is 0 Å². The van der Waals surface area contributed by atoms with E-state index in [9.17, 15) is 9.59 Å². The van der Waals surface area contributed by atoms with Crippen LogP contribution in [-0.4, -0.2) is 59.1 Å². The van der Waals surface area contributed by atoms with Crippen LogP contribution in [0.4, 0.5) is 0 Å². The summed E-state index contributed by atoms with van der Waals surface area (Å²) in [6.07, 6.45) is 0. The van der Waals surface area contributed by atoms with E-state index in [1.54, 1.807) is 0 Å². The van der Waals surface area contributed by atoms with E-state index in [4.69, 9.17) is 16.7 Å². The van der Waals surface area contributed by atoms with Gasteiger partial charge in [0.25, 0.3) is 0 Å². The van der Waals surface area contributed by atoms with Gasteiger partial charge in [0.1, 0.15) is 5.88 Å². The van der Waals surface area contributed by atoms with Crippen molar-refractivity contribution < 1.29 is 19.4 Å². The molecular formula is C4H6ClNaO4. The van der Waals surface area contributed by atoms with E-state index >= 15 is 0 Å². The Balaban J connectivity index is 0. The second-order valence-electron chi connectivity index (χ2n) is 1.19. The number of alkyl halides is 1. The van der Waals surface area contributed by atoms with E-state index in [2.05, 4.69) is 4.74 Å². The van der Waals surface area contributed by atoms with Gasteiger partial charge in [-0.25, -0.2) is 4.79 Å². The van der Waals surface area contributed by atoms with E-state index in [-0.39, 0.29) is 35.4 Å². The normalized spacial score (nSPS) is 7.70. The fourth-order valence-electron chi connectivity index (χ4n) is 0.181. The molecular weight excluding hydrogens is 170 g/mol. The van der Waals surface area contributed by atoms with Gasteiger partial charge in [-0.15, -0.1) is 11.6 Å². The molecule has 54 valence electrons. The molecule has 0 aromatic carbocycles. The van der Waals surface area contributed by atoms with Gasteiger partial charge in [0.2, 0.25) is 0 Å². The van der Waals surface area contributed by atoms with Gasteiger partial charge in [-0.3, -0.25) is 4.79 Å². The predicted octanol–water partition coefficient (Wildman–Crippen LogP) is -0.796. The number of carboxylic acids is 1. The van der Waals surface area contributed by atoms with Crippen LogP contribution in [0.1, 0.15) is 0 Å². The van der Waals surface area contributed by atoms with Gasteiger partial charge in [0, 0.05) is 0 Å². The molecule has 0 aliphatic rings. The van der Waals surface area contributed by atoms with Crippen LogP contribution in [0.25, 0.3) is 0 Å². The van der Waals surface area contributed by atoms with E-state index in [0.29, 0.717) is 0 Å². The van der Waals surface area contributed by atoms with Crippen LogP contribution in [0.2, 0.25) is 0 Å². The molecule has 0 saturated heterocycles. The number of esters is 1. The second kappa shape index (κ2) is 7.34. The Bertz CT molecular complexity index is 126. The first-order valence-corrected chi connectivity index (χ1v) is 2.63. The summed E-state index contributed by atoms with van der Waals surface area (Å²) in [5, 5.41) is 7.94. The van der Waals surface area contributed by atoms with Crippen LogP contribution in [0.3, 0.4) is 0 Å². The molecule has 1 N–H and O–H groups in total. The average Bonchev–Trinajstić information content (AvgIpc) is 1.83. The summed E-state index contributed by atoms with van der Waals surface area (Å²) >= 11 is 4.97. The molecule has 0 atom stereocenters. The molecule has 0 rings (SSSR count). The molecule has 0 aromatic rings. The molecule has 0 amide bonds. The number of halogens is 1. The zero-order valence-corrected chi connectivity index (χ0v) is 5.22. The first kappa shape index (κ1) is 12.9. The number of aliphatic carboxylic acids is 1. The zero-order chi connectivity index (χ0) is 7.28. The summed E-state index contributed by atoms with van der Waals surface area (Å²) in [6.45, 7) is -0.619. The van der Waals surface area contributed by atoms with Crippen LogP contribution < -0.4 is 0 Å². The van der Waals surface area contributed by atoms with Crippen molar-refractivity contribution >= 4 is 53.1 Å².